The molecule has 1 amide bonds. The molecule has 1 N–H and O–H groups in total. The van der Waals surface area contributed by atoms with Crippen molar-refractivity contribution in [3.8, 4) is 16.3 Å². The summed E-state index contributed by atoms with van der Waals surface area (Å²) in [4.78, 5) is 20.6. The molecular formula is C23H27N3O3S. The van der Waals surface area contributed by atoms with E-state index in [-0.39, 0.29) is 11.9 Å². The molecule has 1 fully saturated rings. The average Bonchev–Trinajstić information content (AvgIpc) is 3.51. The van der Waals surface area contributed by atoms with Gasteiger partial charge in [0, 0.05) is 12.1 Å². The van der Waals surface area contributed by atoms with Crippen molar-refractivity contribution in [3.05, 3.63) is 59.0 Å². The lowest BCUT2D eigenvalue weighted by Crippen LogP contribution is -2.36. The van der Waals surface area contributed by atoms with Crippen molar-refractivity contribution in [3.63, 3.8) is 0 Å². The smallest absolute Gasteiger partial charge is 0.263 e. The molecule has 0 bridgehead atoms. The van der Waals surface area contributed by atoms with Crippen molar-refractivity contribution in [2.75, 3.05) is 26.2 Å². The highest BCUT2D eigenvalue weighted by molar-refractivity contribution is 7.17. The number of aromatic nitrogens is 1. The Morgan fingerprint density at radius 3 is 2.70 bits per heavy atom. The van der Waals surface area contributed by atoms with Gasteiger partial charge in [0.2, 0.25) is 0 Å². The summed E-state index contributed by atoms with van der Waals surface area (Å²) in [5.74, 6) is 1.64. The van der Waals surface area contributed by atoms with E-state index in [1.807, 2.05) is 50.2 Å². The Labute approximate surface area is 180 Å². The predicted molar refractivity (Wildman–Crippen MR) is 118 cm³/mol. The van der Waals surface area contributed by atoms with Crippen LogP contribution in [0, 0.1) is 6.92 Å². The SMILES string of the molecule is CCOc1ccc(-c2nc(C)c(C(=O)NCC(c3ccco3)N3CCCC3)s2)cc1. The van der Waals surface area contributed by atoms with Crippen LogP contribution in [-0.2, 0) is 0 Å². The van der Waals surface area contributed by atoms with Gasteiger partial charge in [-0.05, 0) is 76.2 Å². The number of nitrogens with one attached hydrogen (secondary N) is 1. The molecule has 0 aliphatic carbocycles. The van der Waals surface area contributed by atoms with Crippen molar-refractivity contribution in [2.24, 2.45) is 0 Å². The first kappa shape index (κ1) is 20.6. The van der Waals surface area contributed by atoms with Crippen molar-refractivity contribution in [1.82, 2.24) is 15.2 Å². The molecule has 1 aliphatic heterocycles. The maximum Gasteiger partial charge on any atom is 0.263 e. The van der Waals surface area contributed by atoms with Crippen molar-refractivity contribution in [2.45, 2.75) is 32.7 Å². The molecule has 30 heavy (non-hydrogen) atoms. The number of carbonyl (C=O) groups excluding carboxylic acids is 1. The van der Waals surface area contributed by atoms with Crippen molar-refractivity contribution in [1.29, 1.82) is 0 Å². The van der Waals surface area contributed by atoms with Gasteiger partial charge in [-0.25, -0.2) is 4.98 Å². The van der Waals surface area contributed by atoms with E-state index in [9.17, 15) is 4.79 Å². The first-order valence-corrected chi connectivity index (χ1v) is 11.2. The van der Waals surface area contributed by atoms with E-state index < -0.39 is 0 Å². The summed E-state index contributed by atoms with van der Waals surface area (Å²) in [5, 5.41) is 3.94. The fourth-order valence-electron chi connectivity index (χ4n) is 3.80. The van der Waals surface area contributed by atoms with Crippen LogP contribution in [0.2, 0.25) is 0 Å². The summed E-state index contributed by atoms with van der Waals surface area (Å²) in [6, 6.07) is 11.8. The second kappa shape index (κ2) is 9.45. The second-order valence-corrected chi connectivity index (χ2v) is 8.37. The molecule has 6 nitrogen and oxygen atoms in total. The summed E-state index contributed by atoms with van der Waals surface area (Å²) in [5.41, 5.74) is 1.73. The van der Waals surface area contributed by atoms with Gasteiger partial charge in [0.1, 0.15) is 21.4 Å². The van der Waals surface area contributed by atoms with Gasteiger partial charge in [-0.15, -0.1) is 11.3 Å². The number of rotatable bonds is 8. The molecule has 1 atom stereocenters. The minimum Gasteiger partial charge on any atom is -0.494 e. The minimum absolute atomic E-state index is 0.0604. The van der Waals surface area contributed by atoms with Crippen LogP contribution in [0.3, 0.4) is 0 Å². The number of aryl methyl sites for hydroxylation is 1. The number of likely N-dealkylation sites (tertiary alicyclic amines) is 1. The Hall–Kier alpha value is -2.64. The summed E-state index contributed by atoms with van der Waals surface area (Å²) in [6.45, 7) is 7.06. The molecule has 7 heteroatoms. The Morgan fingerprint density at radius 2 is 2.03 bits per heavy atom. The van der Waals surface area contributed by atoms with Gasteiger partial charge < -0.3 is 14.5 Å². The van der Waals surface area contributed by atoms with Gasteiger partial charge >= 0.3 is 0 Å². The molecule has 1 unspecified atom stereocenters. The zero-order valence-electron chi connectivity index (χ0n) is 17.4. The molecule has 1 saturated heterocycles. The zero-order valence-corrected chi connectivity index (χ0v) is 18.2. The molecule has 4 rings (SSSR count). The monoisotopic (exact) mass is 425 g/mol. The highest BCUT2D eigenvalue weighted by Crippen LogP contribution is 2.30. The van der Waals surface area contributed by atoms with E-state index in [4.69, 9.17) is 9.15 Å². The van der Waals surface area contributed by atoms with E-state index in [1.165, 1.54) is 24.2 Å². The highest BCUT2D eigenvalue weighted by Gasteiger charge is 2.26. The summed E-state index contributed by atoms with van der Waals surface area (Å²) < 4.78 is 11.1. The van der Waals surface area contributed by atoms with Gasteiger partial charge in [0.25, 0.3) is 5.91 Å². The molecule has 1 aromatic carbocycles. The van der Waals surface area contributed by atoms with Crippen LogP contribution in [0.15, 0.2) is 47.1 Å². The van der Waals surface area contributed by atoms with E-state index in [0.717, 1.165) is 40.9 Å². The number of ether oxygens (including phenoxy) is 1. The molecule has 0 saturated carbocycles. The molecule has 3 aromatic rings. The van der Waals surface area contributed by atoms with Gasteiger partial charge in [-0.3, -0.25) is 9.69 Å². The number of hydrogen-bond acceptors (Lipinski definition) is 6. The van der Waals surface area contributed by atoms with Crippen LogP contribution < -0.4 is 10.1 Å². The third-order valence-electron chi connectivity index (χ3n) is 5.32. The molecular weight excluding hydrogens is 398 g/mol. The second-order valence-electron chi connectivity index (χ2n) is 7.38. The number of furan rings is 1. The third-order valence-corrected chi connectivity index (χ3v) is 6.53. The molecule has 0 radical (unpaired) electrons. The summed E-state index contributed by atoms with van der Waals surface area (Å²) in [7, 11) is 0. The standard InChI is InChI=1S/C23H27N3O3S/c1-3-28-18-10-8-17(9-11-18)23-25-16(2)21(30-23)22(27)24-15-19(20-7-6-14-29-20)26-12-4-5-13-26/h6-11,14,19H,3-5,12-13,15H2,1-2H3,(H,24,27). The predicted octanol–water partition coefficient (Wildman–Crippen LogP) is 4.68. The van der Waals surface area contributed by atoms with Crippen LogP contribution in [0.5, 0.6) is 5.75 Å². The Morgan fingerprint density at radius 1 is 1.27 bits per heavy atom. The molecule has 0 spiro atoms. The lowest BCUT2D eigenvalue weighted by atomic mass is 10.2. The van der Waals surface area contributed by atoms with Crippen LogP contribution in [0.4, 0.5) is 0 Å². The molecule has 158 valence electrons. The lowest BCUT2D eigenvalue weighted by molar-refractivity contribution is 0.0937. The van der Waals surface area contributed by atoms with Gasteiger partial charge in [0.15, 0.2) is 0 Å². The van der Waals surface area contributed by atoms with Gasteiger partial charge in [0.05, 0.1) is 24.6 Å². The van der Waals surface area contributed by atoms with E-state index in [1.54, 1.807) is 6.26 Å². The van der Waals surface area contributed by atoms with E-state index in [0.29, 0.717) is 18.0 Å². The largest absolute Gasteiger partial charge is 0.494 e. The van der Waals surface area contributed by atoms with E-state index in [2.05, 4.69) is 15.2 Å². The Kier molecular flexibility index (Phi) is 6.50. The average molecular weight is 426 g/mol. The summed E-state index contributed by atoms with van der Waals surface area (Å²) >= 11 is 1.42. The molecule has 3 heterocycles. The highest BCUT2D eigenvalue weighted by atomic mass is 32.1. The quantitative estimate of drug-likeness (QED) is 0.568. The van der Waals surface area contributed by atoms with Gasteiger partial charge in [-0.1, -0.05) is 0 Å². The topological polar surface area (TPSA) is 67.6 Å². The number of nitrogens with zero attached hydrogens (tertiary/aromatic N) is 2. The fourth-order valence-corrected chi connectivity index (χ4v) is 4.79. The zero-order chi connectivity index (χ0) is 20.9. The number of thiazole rings is 1. The maximum absolute atomic E-state index is 12.9. The van der Waals surface area contributed by atoms with Crippen LogP contribution in [-0.4, -0.2) is 42.0 Å². The Balaban J connectivity index is 1.45. The van der Waals surface area contributed by atoms with Crippen LogP contribution in [0.1, 0.15) is 46.9 Å². The normalized spacial score (nSPS) is 15.3. The van der Waals surface area contributed by atoms with Crippen molar-refractivity contribution >= 4 is 17.2 Å². The van der Waals surface area contributed by atoms with Crippen molar-refractivity contribution < 1.29 is 13.9 Å². The minimum atomic E-state index is -0.0852. The summed E-state index contributed by atoms with van der Waals surface area (Å²) in [6.07, 6.45) is 4.06. The molecule has 2 aromatic heterocycles. The number of hydrogen-bond donors (Lipinski definition) is 1. The number of amides is 1. The van der Waals surface area contributed by atoms with Crippen LogP contribution in [0.25, 0.3) is 10.6 Å². The first-order valence-electron chi connectivity index (χ1n) is 10.4. The first-order chi connectivity index (χ1) is 14.7. The Bertz CT molecular complexity index is 960. The van der Waals surface area contributed by atoms with Crippen LogP contribution >= 0.6 is 11.3 Å². The number of benzene rings is 1. The van der Waals surface area contributed by atoms with Gasteiger partial charge in [-0.2, -0.15) is 0 Å². The fraction of sp³-hybridized carbons (Fsp3) is 0.391. The third kappa shape index (κ3) is 4.57. The number of carbonyl (C=O) groups is 1. The molecule has 1 aliphatic rings. The lowest BCUT2D eigenvalue weighted by Gasteiger charge is -2.25. The van der Waals surface area contributed by atoms with E-state index >= 15 is 0 Å². The maximum atomic E-state index is 12.9.